The zero-order valence-corrected chi connectivity index (χ0v) is 13.4. The molecule has 1 spiro atoms. The van der Waals surface area contributed by atoms with Crippen LogP contribution in [-0.2, 0) is 9.53 Å². The minimum Gasteiger partial charge on any atom is -0.381 e. The third kappa shape index (κ3) is 3.48. The van der Waals surface area contributed by atoms with Crippen molar-refractivity contribution in [3.8, 4) is 0 Å². The molecule has 1 aliphatic heterocycles. The van der Waals surface area contributed by atoms with E-state index in [0.29, 0.717) is 0 Å². The highest BCUT2D eigenvalue weighted by Gasteiger charge is 2.46. The van der Waals surface area contributed by atoms with Gasteiger partial charge in [-0.1, -0.05) is 6.42 Å². The molecular weight excluding hydrogens is 270 g/mol. The number of ether oxygens (including phenoxy) is 1. The van der Waals surface area contributed by atoms with E-state index >= 15 is 0 Å². The topological polar surface area (TPSA) is 61.9 Å². The fourth-order valence-corrected chi connectivity index (χ4v) is 3.74. The maximum absolute atomic E-state index is 12.3. The Labute approximate surface area is 126 Å². The monoisotopic (exact) mass is 297 g/mol. The maximum Gasteiger partial charge on any atom is 0.317 e. The van der Waals surface area contributed by atoms with E-state index in [9.17, 15) is 9.59 Å². The molecular formula is C15H27N3O3. The third-order valence-corrected chi connectivity index (χ3v) is 4.87. The number of likely N-dealkylation sites (tertiary alicyclic amines) is 1. The van der Waals surface area contributed by atoms with Gasteiger partial charge in [-0.15, -0.1) is 0 Å². The van der Waals surface area contributed by atoms with Crippen LogP contribution in [0.25, 0.3) is 0 Å². The highest BCUT2D eigenvalue weighted by Crippen LogP contribution is 2.46. The Morgan fingerprint density at radius 2 is 2.05 bits per heavy atom. The van der Waals surface area contributed by atoms with Crippen molar-refractivity contribution >= 4 is 11.9 Å². The molecule has 0 bridgehead atoms. The summed E-state index contributed by atoms with van der Waals surface area (Å²) in [7, 11) is 5.10. The number of carbonyl (C=O) groups excluding carboxylic acids is 2. The molecule has 2 aliphatic rings. The molecule has 6 heteroatoms. The second-order valence-corrected chi connectivity index (χ2v) is 6.45. The molecule has 0 aromatic rings. The first kappa shape index (κ1) is 16.1. The predicted molar refractivity (Wildman–Crippen MR) is 80.0 cm³/mol. The van der Waals surface area contributed by atoms with Crippen molar-refractivity contribution in [3.63, 3.8) is 0 Å². The number of nitrogens with zero attached hydrogens (tertiary/aromatic N) is 2. The van der Waals surface area contributed by atoms with Gasteiger partial charge in [0.05, 0.1) is 12.6 Å². The van der Waals surface area contributed by atoms with Crippen LogP contribution in [0.4, 0.5) is 4.79 Å². The molecule has 21 heavy (non-hydrogen) atoms. The lowest BCUT2D eigenvalue weighted by molar-refractivity contribution is -0.136. The summed E-state index contributed by atoms with van der Waals surface area (Å²) in [4.78, 5) is 27.1. The van der Waals surface area contributed by atoms with Gasteiger partial charge in [0.2, 0.25) is 5.91 Å². The van der Waals surface area contributed by atoms with E-state index in [1.54, 1.807) is 21.2 Å². The van der Waals surface area contributed by atoms with Crippen LogP contribution in [0.3, 0.4) is 0 Å². The summed E-state index contributed by atoms with van der Waals surface area (Å²) < 4.78 is 5.65. The molecule has 2 fully saturated rings. The molecule has 2 atom stereocenters. The third-order valence-electron chi connectivity index (χ3n) is 4.87. The van der Waals surface area contributed by atoms with E-state index < -0.39 is 0 Å². The number of carbonyl (C=O) groups is 2. The van der Waals surface area contributed by atoms with Crippen LogP contribution in [0.15, 0.2) is 0 Å². The molecule has 0 aromatic carbocycles. The van der Waals surface area contributed by atoms with E-state index in [-0.39, 0.29) is 30.0 Å². The van der Waals surface area contributed by atoms with Gasteiger partial charge in [0, 0.05) is 39.7 Å². The van der Waals surface area contributed by atoms with Gasteiger partial charge in [-0.05, 0) is 25.7 Å². The molecule has 3 amide bonds. The van der Waals surface area contributed by atoms with Gasteiger partial charge in [0.25, 0.3) is 0 Å². The number of piperidine rings is 1. The Balaban J connectivity index is 1.91. The van der Waals surface area contributed by atoms with E-state index in [1.165, 1.54) is 11.3 Å². The van der Waals surface area contributed by atoms with Gasteiger partial charge in [0.15, 0.2) is 0 Å². The van der Waals surface area contributed by atoms with Crippen LogP contribution in [-0.4, -0.2) is 68.7 Å². The second-order valence-electron chi connectivity index (χ2n) is 6.45. The molecule has 0 radical (unpaired) electrons. The molecule has 1 saturated heterocycles. The van der Waals surface area contributed by atoms with E-state index in [4.69, 9.17) is 4.74 Å². The van der Waals surface area contributed by atoms with Crippen molar-refractivity contribution in [1.82, 2.24) is 15.1 Å². The molecule has 120 valence electrons. The highest BCUT2D eigenvalue weighted by atomic mass is 16.5. The summed E-state index contributed by atoms with van der Waals surface area (Å²) in [6, 6.07) is -0.231. The van der Waals surface area contributed by atoms with E-state index in [1.807, 2.05) is 4.90 Å². The van der Waals surface area contributed by atoms with Crippen LogP contribution in [0, 0.1) is 5.41 Å². The molecule has 0 unspecified atom stereocenters. The van der Waals surface area contributed by atoms with Crippen LogP contribution in [0.2, 0.25) is 0 Å². The summed E-state index contributed by atoms with van der Waals surface area (Å²) in [5, 5.41) is 2.65. The van der Waals surface area contributed by atoms with Crippen LogP contribution >= 0.6 is 0 Å². The largest absolute Gasteiger partial charge is 0.381 e. The molecule has 2 rings (SSSR count). The van der Waals surface area contributed by atoms with Crippen molar-refractivity contribution < 1.29 is 14.3 Å². The van der Waals surface area contributed by atoms with Crippen molar-refractivity contribution in [2.45, 2.75) is 38.2 Å². The van der Waals surface area contributed by atoms with E-state index in [2.05, 4.69) is 5.32 Å². The van der Waals surface area contributed by atoms with Gasteiger partial charge in [-0.25, -0.2) is 4.79 Å². The van der Waals surface area contributed by atoms with Crippen molar-refractivity contribution in [2.75, 3.05) is 40.8 Å². The van der Waals surface area contributed by atoms with Crippen LogP contribution in [0.1, 0.15) is 32.1 Å². The van der Waals surface area contributed by atoms with Gasteiger partial charge in [-0.3, -0.25) is 4.79 Å². The number of hydrogen-bond acceptors (Lipinski definition) is 3. The second kappa shape index (κ2) is 6.64. The SMILES string of the molecule is CO[C@@H]1CCC[C@]12CCCN(C(=O)CNC(=O)N(C)C)C2. The average Bonchev–Trinajstić information content (AvgIpc) is 2.86. The molecule has 0 aromatic heterocycles. The lowest BCUT2D eigenvalue weighted by Gasteiger charge is -2.43. The first-order chi connectivity index (χ1) is 9.98. The predicted octanol–water partition coefficient (Wildman–Crippen LogP) is 1.07. The van der Waals surface area contributed by atoms with Crippen LogP contribution < -0.4 is 5.32 Å². The number of hydrogen-bond donors (Lipinski definition) is 1. The first-order valence-electron chi connectivity index (χ1n) is 7.74. The molecule has 1 N–H and O–H groups in total. The summed E-state index contributed by atoms with van der Waals surface area (Å²) in [5.41, 5.74) is 0.133. The fourth-order valence-electron chi connectivity index (χ4n) is 3.74. The van der Waals surface area contributed by atoms with Gasteiger partial charge >= 0.3 is 6.03 Å². The minimum atomic E-state index is -0.231. The Bertz CT molecular complexity index is 400. The van der Waals surface area contributed by atoms with Gasteiger partial charge in [-0.2, -0.15) is 0 Å². The summed E-state index contributed by atoms with van der Waals surface area (Å²) in [6.07, 6.45) is 5.84. The maximum atomic E-state index is 12.3. The molecule has 6 nitrogen and oxygen atoms in total. The minimum absolute atomic E-state index is 0.00558. The van der Waals surface area contributed by atoms with Crippen molar-refractivity contribution in [2.24, 2.45) is 5.41 Å². The zero-order chi connectivity index (χ0) is 15.5. The summed E-state index contributed by atoms with van der Waals surface area (Å²) in [5.74, 6) is 0.00558. The number of methoxy groups -OCH3 is 1. The molecule has 1 aliphatic carbocycles. The Morgan fingerprint density at radius 3 is 2.71 bits per heavy atom. The number of rotatable bonds is 3. The standard InChI is InChI=1S/C15H27N3O3/c1-17(2)14(20)16-10-13(19)18-9-5-8-15(11-18)7-4-6-12(15)21-3/h12H,4-11H2,1-3H3,(H,16,20)/t12-,15-/m1/s1. The number of urea groups is 1. The Morgan fingerprint density at radius 1 is 1.33 bits per heavy atom. The smallest absolute Gasteiger partial charge is 0.317 e. The lowest BCUT2D eigenvalue weighted by Crippen LogP contribution is -2.52. The first-order valence-corrected chi connectivity index (χ1v) is 7.74. The summed E-state index contributed by atoms with van der Waals surface area (Å²) in [6.45, 7) is 1.63. The Hall–Kier alpha value is -1.30. The van der Waals surface area contributed by atoms with Gasteiger partial charge in [0.1, 0.15) is 0 Å². The lowest BCUT2D eigenvalue weighted by atomic mass is 9.76. The Kier molecular flexibility index (Phi) is 5.08. The van der Waals surface area contributed by atoms with E-state index in [0.717, 1.165) is 38.8 Å². The molecule has 1 saturated carbocycles. The van der Waals surface area contributed by atoms with Crippen molar-refractivity contribution in [1.29, 1.82) is 0 Å². The van der Waals surface area contributed by atoms with Crippen LogP contribution in [0.5, 0.6) is 0 Å². The fraction of sp³-hybridized carbons (Fsp3) is 0.867. The molecule has 1 heterocycles. The highest BCUT2D eigenvalue weighted by molar-refractivity contribution is 5.83. The normalized spacial score (nSPS) is 28.7. The average molecular weight is 297 g/mol. The zero-order valence-electron chi connectivity index (χ0n) is 13.4. The number of amides is 3. The summed E-state index contributed by atoms with van der Waals surface area (Å²) >= 11 is 0. The number of nitrogens with one attached hydrogen (secondary N) is 1. The van der Waals surface area contributed by atoms with Gasteiger partial charge < -0.3 is 19.9 Å². The quantitative estimate of drug-likeness (QED) is 0.847. The van der Waals surface area contributed by atoms with Crippen molar-refractivity contribution in [3.05, 3.63) is 0 Å².